The Balaban J connectivity index is 1.13. The first-order chi connectivity index (χ1) is 19.8. The molecule has 0 spiro atoms. The van der Waals surface area contributed by atoms with Crippen molar-refractivity contribution in [1.82, 2.24) is 23.4 Å². The number of carbonyl (C=O) groups is 1. The fraction of sp³-hybridized carbons (Fsp3) is 0.643. The van der Waals surface area contributed by atoms with E-state index in [0.29, 0.717) is 13.0 Å². The van der Waals surface area contributed by atoms with Crippen LogP contribution in [0.15, 0.2) is 35.1 Å². The number of piperidine rings is 1. The molecule has 2 bridgehead atoms. The first-order valence-electron chi connectivity index (χ1n) is 14.6. The predicted octanol–water partition coefficient (Wildman–Crippen LogP) is 1.96. The normalized spacial score (nSPS) is 24.3. The zero-order valence-electron chi connectivity index (χ0n) is 24.4. The highest BCUT2D eigenvalue weighted by atomic mass is 32.2. The maximum atomic E-state index is 13.1. The number of fused-ring (bicyclic) bond motifs is 3. The van der Waals surface area contributed by atoms with E-state index in [1.54, 1.807) is 10.6 Å². The Kier molecular flexibility index (Phi) is 9.00. The summed E-state index contributed by atoms with van der Waals surface area (Å²) in [5, 5.41) is 3.78. The van der Waals surface area contributed by atoms with E-state index in [2.05, 4.69) is 10.2 Å². The lowest BCUT2D eigenvalue weighted by molar-refractivity contribution is 0.114. The van der Waals surface area contributed by atoms with Crippen LogP contribution in [-0.2, 0) is 20.0 Å². The van der Waals surface area contributed by atoms with Crippen LogP contribution in [0.1, 0.15) is 52.0 Å². The minimum absolute atomic E-state index is 0.000695. The Labute approximate surface area is 247 Å². The lowest BCUT2D eigenvalue weighted by atomic mass is 9.97. The topological polar surface area (TPSA) is 138 Å². The average Bonchev–Trinajstić information content (AvgIpc) is 3.15. The number of aromatic nitrogens is 1. The third kappa shape index (κ3) is 6.67. The molecule has 0 saturated carbocycles. The Morgan fingerprint density at radius 2 is 1.62 bits per heavy atom. The van der Waals surface area contributed by atoms with Crippen molar-refractivity contribution in [2.45, 2.75) is 70.1 Å². The molecule has 1 amide bonds. The number of rotatable bonds is 9. The van der Waals surface area contributed by atoms with Crippen LogP contribution in [0.4, 0.5) is 4.79 Å². The summed E-state index contributed by atoms with van der Waals surface area (Å²) in [6.07, 6.45) is 4.44. The molecule has 42 heavy (non-hydrogen) atoms. The Morgan fingerprint density at radius 3 is 2.24 bits per heavy atom. The van der Waals surface area contributed by atoms with E-state index in [1.165, 1.54) is 8.61 Å². The molecule has 0 unspecified atom stereocenters. The lowest BCUT2D eigenvalue weighted by Crippen LogP contribution is -2.52. The fourth-order valence-electron chi connectivity index (χ4n) is 6.74. The van der Waals surface area contributed by atoms with Crippen molar-refractivity contribution in [2.24, 2.45) is 0 Å². The monoisotopic (exact) mass is 623 g/mol. The van der Waals surface area contributed by atoms with E-state index in [9.17, 15) is 26.4 Å². The van der Waals surface area contributed by atoms with Crippen molar-refractivity contribution < 1.29 is 26.4 Å². The number of hydrogen-bond donors (Lipinski definition) is 1. The van der Waals surface area contributed by atoms with Crippen LogP contribution in [0.25, 0.3) is 10.9 Å². The molecule has 14 heteroatoms. The maximum absolute atomic E-state index is 13.1. The summed E-state index contributed by atoms with van der Waals surface area (Å²) in [5.74, 6) is 0.0226. The fourth-order valence-corrected chi connectivity index (χ4v) is 9.04. The van der Waals surface area contributed by atoms with Gasteiger partial charge in [0.1, 0.15) is 0 Å². The van der Waals surface area contributed by atoms with E-state index >= 15 is 0 Å². The van der Waals surface area contributed by atoms with Crippen molar-refractivity contribution in [1.29, 1.82) is 0 Å². The van der Waals surface area contributed by atoms with Gasteiger partial charge in [0.25, 0.3) is 5.56 Å². The van der Waals surface area contributed by atoms with Crippen LogP contribution in [0, 0.1) is 0 Å². The second-order valence-corrected chi connectivity index (χ2v) is 16.0. The molecule has 1 aromatic carbocycles. The van der Waals surface area contributed by atoms with Crippen LogP contribution in [0.2, 0.25) is 0 Å². The van der Waals surface area contributed by atoms with Gasteiger partial charge in [0.2, 0.25) is 20.0 Å². The zero-order valence-corrected chi connectivity index (χ0v) is 26.1. The smallest absolute Gasteiger partial charge is 0.404 e. The average molecular weight is 624 g/mol. The number of carbonyl (C=O) groups excluding carboxylic acids is 1. The quantitative estimate of drug-likeness (QED) is 0.448. The minimum atomic E-state index is -3.47. The molecule has 3 aliphatic rings. The Hall–Kier alpha value is -2.52. The van der Waals surface area contributed by atoms with E-state index in [-0.39, 0.29) is 67.4 Å². The molecule has 1 aromatic heterocycles. The number of benzene rings is 1. The number of ether oxygens (including phenoxy) is 1. The van der Waals surface area contributed by atoms with Gasteiger partial charge in [0, 0.05) is 55.7 Å². The predicted molar refractivity (Wildman–Crippen MR) is 161 cm³/mol. The number of piperazine rings is 1. The molecule has 232 valence electrons. The summed E-state index contributed by atoms with van der Waals surface area (Å²) < 4.78 is 59.1. The van der Waals surface area contributed by atoms with Gasteiger partial charge in [-0.05, 0) is 64.6 Å². The van der Waals surface area contributed by atoms with Crippen LogP contribution < -0.4 is 15.6 Å². The number of nitrogens with one attached hydrogen (secondary N) is 1. The Morgan fingerprint density at radius 1 is 1.00 bits per heavy atom. The first kappa shape index (κ1) is 30.9. The van der Waals surface area contributed by atoms with E-state index in [0.717, 1.165) is 42.8 Å². The second-order valence-electron chi connectivity index (χ2n) is 11.9. The highest BCUT2D eigenvalue weighted by Crippen LogP contribution is 2.36. The van der Waals surface area contributed by atoms with Gasteiger partial charge in [-0.15, -0.1) is 0 Å². The van der Waals surface area contributed by atoms with Gasteiger partial charge < -0.3 is 14.6 Å². The van der Waals surface area contributed by atoms with Crippen LogP contribution >= 0.6 is 0 Å². The van der Waals surface area contributed by atoms with Gasteiger partial charge in [-0.1, -0.05) is 18.2 Å². The summed E-state index contributed by atoms with van der Waals surface area (Å²) >= 11 is 0. The molecule has 2 aromatic rings. The molecule has 0 radical (unpaired) electrons. The molecule has 3 atom stereocenters. The van der Waals surface area contributed by atoms with Crippen LogP contribution in [0.5, 0.6) is 5.75 Å². The molecule has 3 saturated heterocycles. The molecular formula is C28H41N5O7S2. The largest absolute Gasteiger partial charge is 0.413 e. The number of pyridine rings is 1. The van der Waals surface area contributed by atoms with Crippen molar-refractivity contribution in [3.63, 3.8) is 0 Å². The van der Waals surface area contributed by atoms with Gasteiger partial charge >= 0.3 is 6.09 Å². The molecule has 12 nitrogen and oxygen atoms in total. The molecule has 1 N–H and O–H groups in total. The number of para-hydroxylation sites is 1. The van der Waals surface area contributed by atoms with Gasteiger partial charge in [-0.3, -0.25) is 9.69 Å². The summed E-state index contributed by atoms with van der Waals surface area (Å²) in [5.41, 5.74) is 0.442. The number of nitrogens with zero attached hydrogens (tertiary/aromatic N) is 4. The van der Waals surface area contributed by atoms with E-state index < -0.39 is 26.1 Å². The summed E-state index contributed by atoms with van der Waals surface area (Å²) in [4.78, 5) is 28.4. The molecule has 4 heterocycles. The Bertz CT molecular complexity index is 1570. The maximum Gasteiger partial charge on any atom is 0.413 e. The molecule has 5 rings (SSSR count). The molecule has 3 fully saturated rings. The second kappa shape index (κ2) is 12.2. The van der Waals surface area contributed by atoms with Crippen LogP contribution in [-0.4, -0.2) is 104 Å². The standard InChI is InChI=1S/C28H41N5O7S2/c1-20(2)33-25-8-5-4-7-21(25)17-26(27(33)34)40-28(35)29-22-18-23-9-10-24(19-22)32(23)11-6-16-42(38,39)31-14-12-30(13-15-31)41(3,36)37/h4-5,7-8,17,20,22-24H,6,9-16,18-19H2,1-3H3,(H,29,35)/t22-,23-,24+. The highest BCUT2D eigenvalue weighted by molar-refractivity contribution is 7.89. The summed E-state index contributed by atoms with van der Waals surface area (Å²) in [7, 11) is -6.78. The third-order valence-electron chi connectivity index (χ3n) is 8.72. The summed E-state index contributed by atoms with van der Waals surface area (Å²) in [6.45, 7) is 5.20. The van der Waals surface area contributed by atoms with Gasteiger partial charge in [-0.2, -0.15) is 8.61 Å². The number of sulfonamides is 2. The molecular weight excluding hydrogens is 582 g/mol. The molecule has 0 aliphatic carbocycles. The third-order valence-corrected chi connectivity index (χ3v) is 12.0. The van der Waals surface area contributed by atoms with Crippen molar-refractivity contribution >= 4 is 37.0 Å². The molecule has 3 aliphatic heterocycles. The van der Waals surface area contributed by atoms with Gasteiger partial charge in [0.05, 0.1) is 17.5 Å². The van der Waals surface area contributed by atoms with Crippen molar-refractivity contribution in [2.75, 3.05) is 44.7 Å². The van der Waals surface area contributed by atoms with Gasteiger partial charge in [0.15, 0.2) is 5.75 Å². The van der Waals surface area contributed by atoms with Crippen LogP contribution in [0.3, 0.4) is 0 Å². The zero-order chi connectivity index (χ0) is 30.2. The highest BCUT2D eigenvalue weighted by Gasteiger charge is 2.41. The van der Waals surface area contributed by atoms with Crippen molar-refractivity contribution in [3.8, 4) is 5.75 Å². The van der Waals surface area contributed by atoms with E-state index in [1.807, 2.05) is 38.1 Å². The number of hydrogen-bond acceptors (Lipinski definition) is 8. The number of amides is 1. The van der Waals surface area contributed by atoms with Crippen molar-refractivity contribution in [3.05, 3.63) is 40.7 Å². The van der Waals surface area contributed by atoms with Gasteiger partial charge in [-0.25, -0.2) is 21.6 Å². The first-order valence-corrected chi connectivity index (χ1v) is 18.1. The summed E-state index contributed by atoms with van der Waals surface area (Å²) in [6, 6.07) is 9.42. The SMILES string of the molecule is CC(C)n1c(=O)c(OC(=O)N[C@@H]2C[C@H]3CC[C@@H](C2)N3CCCS(=O)(=O)N2CCN(S(C)(=O)=O)CC2)cc2ccccc21. The van der Waals surface area contributed by atoms with E-state index in [4.69, 9.17) is 4.74 Å². The minimum Gasteiger partial charge on any atom is -0.404 e. The lowest BCUT2D eigenvalue weighted by Gasteiger charge is -2.39.